The van der Waals surface area contributed by atoms with E-state index in [1.807, 2.05) is 23.1 Å². The van der Waals surface area contributed by atoms with E-state index in [1.54, 1.807) is 6.07 Å². The van der Waals surface area contributed by atoms with Crippen molar-refractivity contribution < 1.29 is 9.53 Å². The highest BCUT2D eigenvalue weighted by Gasteiger charge is 2.27. The third-order valence-electron chi connectivity index (χ3n) is 3.59. The first-order valence-electron chi connectivity index (χ1n) is 7.34. The van der Waals surface area contributed by atoms with Crippen molar-refractivity contribution in [3.8, 4) is 5.75 Å². The van der Waals surface area contributed by atoms with E-state index in [2.05, 4.69) is 13.8 Å². The van der Waals surface area contributed by atoms with Crippen LogP contribution in [-0.2, 0) is 4.79 Å². The van der Waals surface area contributed by atoms with Crippen LogP contribution in [0.25, 0.3) is 0 Å². The molecule has 4 heteroatoms. The number of nitrogens with zero attached hydrogens (tertiary/aromatic N) is 1. The van der Waals surface area contributed by atoms with Crippen molar-refractivity contribution in [2.24, 2.45) is 5.92 Å². The summed E-state index contributed by atoms with van der Waals surface area (Å²) in [5.41, 5.74) is 6.41. The van der Waals surface area contributed by atoms with Crippen LogP contribution in [0, 0.1) is 5.92 Å². The smallest absolute Gasteiger partial charge is 0.226 e. The normalized spacial score (nSPS) is 14.3. The van der Waals surface area contributed by atoms with E-state index < -0.39 is 0 Å². The van der Waals surface area contributed by atoms with Gasteiger partial charge >= 0.3 is 0 Å². The number of anilines is 1. The van der Waals surface area contributed by atoms with Crippen LogP contribution >= 0.6 is 0 Å². The number of carbonyl (C=O) groups excluding carboxylic acids is 1. The highest BCUT2D eigenvalue weighted by molar-refractivity contribution is 5.76. The zero-order chi connectivity index (χ0) is 14.5. The molecule has 2 rings (SSSR count). The van der Waals surface area contributed by atoms with Gasteiger partial charge < -0.3 is 15.4 Å². The minimum atomic E-state index is 0.168. The molecule has 0 aliphatic heterocycles. The van der Waals surface area contributed by atoms with E-state index in [0.717, 1.165) is 6.54 Å². The first-order valence-corrected chi connectivity index (χ1v) is 7.34. The fourth-order valence-corrected chi connectivity index (χ4v) is 2.18. The van der Waals surface area contributed by atoms with Gasteiger partial charge in [-0.25, -0.2) is 0 Å². The van der Waals surface area contributed by atoms with E-state index in [9.17, 15) is 4.79 Å². The van der Waals surface area contributed by atoms with E-state index in [-0.39, 0.29) is 11.9 Å². The molecule has 1 amide bonds. The molecule has 0 bridgehead atoms. The largest absolute Gasteiger partial charge is 0.491 e. The molecule has 0 aromatic heterocycles. The Bertz CT molecular complexity index is 456. The Hall–Kier alpha value is -1.71. The average Bonchev–Trinajstić information content (AvgIpc) is 3.21. The van der Waals surface area contributed by atoms with Crippen molar-refractivity contribution in [2.75, 3.05) is 18.9 Å². The molecule has 1 fully saturated rings. The maximum absolute atomic E-state index is 12.2. The number of nitrogen functional groups attached to an aromatic ring is 1. The van der Waals surface area contributed by atoms with E-state index in [0.29, 0.717) is 30.4 Å². The van der Waals surface area contributed by atoms with Gasteiger partial charge in [0.1, 0.15) is 5.75 Å². The van der Waals surface area contributed by atoms with E-state index in [4.69, 9.17) is 10.5 Å². The zero-order valence-corrected chi connectivity index (χ0v) is 12.3. The predicted molar refractivity (Wildman–Crippen MR) is 80.5 cm³/mol. The number of benzene rings is 1. The van der Waals surface area contributed by atoms with E-state index in [1.165, 1.54) is 12.8 Å². The Morgan fingerprint density at radius 1 is 1.40 bits per heavy atom. The van der Waals surface area contributed by atoms with Crippen molar-refractivity contribution >= 4 is 11.6 Å². The first kappa shape index (κ1) is 14.7. The minimum Gasteiger partial charge on any atom is -0.491 e. The molecule has 1 aliphatic rings. The van der Waals surface area contributed by atoms with Gasteiger partial charge in [0.2, 0.25) is 5.91 Å². The molecule has 2 N–H and O–H groups in total. The van der Waals surface area contributed by atoms with Crippen LogP contribution in [0.5, 0.6) is 5.75 Å². The summed E-state index contributed by atoms with van der Waals surface area (Å²) in [7, 11) is 0. The standard InChI is InChI=1S/C16H24N2O2/c1-12(2)18(11-13-7-8-13)16(19)9-10-20-15-6-4-3-5-14(15)17/h3-6,12-13H,7-11,17H2,1-2H3. The molecular weight excluding hydrogens is 252 g/mol. The number of hydrogen-bond acceptors (Lipinski definition) is 3. The molecule has 0 spiro atoms. The van der Waals surface area contributed by atoms with Gasteiger partial charge in [-0.15, -0.1) is 0 Å². The number of ether oxygens (including phenoxy) is 1. The van der Waals surface area contributed by atoms with Gasteiger partial charge in [0.05, 0.1) is 18.7 Å². The highest BCUT2D eigenvalue weighted by atomic mass is 16.5. The van der Waals surface area contributed by atoms with Crippen molar-refractivity contribution in [3.63, 3.8) is 0 Å². The van der Waals surface area contributed by atoms with Gasteiger partial charge in [-0.1, -0.05) is 12.1 Å². The lowest BCUT2D eigenvalue weighted by Crippen LogP contribution is -2.39. The quantitative estimate of drug-likeness (QED) is 0.779. The molecule has 1 aliphatic carbocycles. The molecule has 110 valence electrons. The molecule has 0 unspecified atom stereocenters. The first-order chi connectivity index (χ1) is 9.58. The Balaban J connectivity index is 1.79. The second kappa shape index (κ2) is 6.64. The lowest BCUT2D eigenvalue weighted by atomic mass is 10.2. The Morgan fingerprint density at radius 2 is 2.10 bits per heavy atom. The molecule has 1 aromatic rings. The summed E-state index contributed by atoms with van der Waals surface area (Å²) in [6.45, 7) is 5.40. The summed E-state index contributed by atoms with van der Waals surface area (Å²) in [6, 6.07) is 7.62. The second-order valence-electron chi connectivity index (χ2n) is 5.72. The number of amides is 1. The summed E-state index contributed by atoms with van der Waals surface area (Å²) in [5.74, 6) is 1.53. The molecule has 0 saturated heterocycles. The number of para-hydroxylation sites is 2. The van der Waals surface area contributed by atoms with Crippen LogP contribution in [-0.4, -0.2) is 30.0 Å². The lowest BCUT2D eigenvalue weighted by molar-refractivity contribution is -0.133. The maximum atomic E-state index is 12.2. The third-order valence-corrected chi connectivity index (χ3v) is 3.59. The van der Waals surface area contributed by atoms with Crippen LogP contribution in [0.4, 0.5) is 5.69 Å². The monoisotopic (exact) mass is 276 g/mol. The molecule has 0 heterocycles. The summed E-state index contributed by atoms with van der Waals surface area (Å²) < 4.78 is 5.59. The fraction of sp³-hybridized carbons (Fsp3) is 0.562. The van der Waals surface area contributed by atoms with Crippen molar-refractivity contribution in [1.82, 2.24) is 4.90 Å². The average molecular weight is 276 g/mol. The van der Waals surface area contributed by atoms with Crippen LogP contribution in [0.15, 0.2) is 24.3 Å². The number of nitrogens with two attached hydrogens (primary N) is 1. The number of rotatable bonds is 7. The topological polar surface area (TPSA) is 55.6 Å². The second-order valence-corrected chi connectivity index (χ2v) is 5.72. The number of hydrogen-bond donors (Lipinski definition) is 1. The van der Waals surface area contributed by atoms with Gasteiger partial charge in [0.15, 0.2) is 0 Å². The van der Waals surface area contributed by atoms with Gasteiger partial charge in [-0.05, 0) is 44.7 Å². The molecule has 0 radical (unpaired) electrons. The predicted octanol–water partition coefficient (Wildman–Crippen LogP) is 2.68. The molecule has 1 saturated carbocycles. The fourth-order valence-electron chi connectivity index (χ4n) is 2.18. The van der Waals surface area contributed by atoms with Gasteiger partial charge in [0, 0.05) is 12.6 Å². The van der Waals surface area contributed by atoms with Crippen molar-refractivity contribution in [3.05, 3.63) is 24.3 Å². The Labute approximate surface area is 120 Å². The zero-order valence-electron chi connectivity index (χ0n) is 12.3. The van der Waals surface area contributed by atoms with Gasteiger partial charge in [0.25, 0.3) is 0 Å². The molecule has 1 aromatic carbocycles. The third kappa shape index (κ3) is 4.15. The van der Waals surface area contributed by atoms with Crippen molar-refractivity contribution in [2.45, 2.75) is 39.2 Å². The van der Waals surface area contributed by atoms with Crippen LogP contribution in [0.1, 0.15) is 33.1 Å². The molecular formula is C16H24N2O2. The molecule has 20 heavy (non-hydrogen) atoms. The van der Waals surface area contributed by atoms with Crippen LogP contribution in [0.3, 0.4) is 0 Å². The number of carbonyl (C=O) groups is 1. The summed E-state index contributed by atoms with van der Waals surface area (Å²) >= 11 is 0. The molecule has 0 atom stereocenters. The Kier molecular flexibility index (Phi) is 4.88. The SMILES string of the molecule is CC(C)N(CC1CC1)C(=O)CCOc1ccccc1N. The molecule has 4 nitrogen and oxygen atoms in total. The highest BCUT2D eigenvalue weighted by Crippen LogP contribution is 2.30. The summed E-state index contributed by atoms with van der Waals surface area (Å²) in [5, 5.41) is 0. The maximum Gasteiger partial charge on any atom is 0.226 e. The minimum absolute atomic E-state index is 0.168. The van der Waals surface area contributed by atoms with Gasteiger partial charge in [-0.3, -0.25) is 4.79 Å². The van der Waals surface area contributed by atoms with Gasteiger partial charge in [-0.2, -0.15) is 0 Å². The Morgan fingerprint density at radius 3 is 2.70 bits per heavy atom. The summed E-state index contributed by atoms with van der Waals surface area (Å²) in [4.78, 5) is 14.2. The lowest BCUT2D eigenvalue weighted by Gasteiger charge is -2.27. The van der Waals surface area contributed by atoms with Crippen LogP contribution in [0.2, 0.25) is 0 Å². The van der Waals surface area contributed by atoms with Crippen LogP contribution < -0.4 is 10.5 Å². The van der Waals surface area contributed by atoms with Crippen molar-refractivity contribution in [1.29, 1.82) is 0 Å². The van der Waals surface area contributed by atoms with E-state index >= 15 is 0 Å². The summed E-state index contributed by atoms with van der Waals surface area (Å²) in [6.07, 6.45) is 2.92.